The van der Waals surface area contributed by atoms with E-state index in [1.807, 2.05) is 0 Å². The van der Waals surface area contributed by atoms with Crippen molar-refractivity contribution in [1.82, 2.24) is 29.7 Å². The topological polar surface area (TPSA) is 75.1 Å². The smallest absolute Gasteiger partial charge is 0.263 e. The van der Waals surface area contributed by atoms with Crippen LogP contribution in [0, 0.1) is 0 Å². The van der Waals surface area contributed by atoms with Gasteiger partial charge in [0.25, 0.3) is 5.91 Å². The molecule has 3 aromatic rings. The molecular weight excluding hydrogens is 348 g/mol. The van der Waals surface area contributed by atoms with Gasteiger partial charge in [-0.1, -0.05) is 0 Å². The maximum atomic E-state index is 12.7. The van der Waals surface area contributed by atoms with Crippen LogP contribution in [0.15, 0.2) is 31.0 Å². The fraction of sp³-hybridized carbons (Fsp3) is 0.389. The zero-order valence-electron chi connectivity index (χ0n) is 14.8. The molecule has 134 valence electrons. The third kappa shape index (κ3) is 3.17. The van der Waals surface area contributed by atoms with E-state index in [4.69, 9.17) is 0 Å². The lowest BCUT2D eigenvalue weighted by molar-refractivity contribution is 0.0831. The summed E-state index contributed by atoms with van der Waals surface area (Å²) in [4.78, 5) is 35.7. The molecule has 1 aliphatic rings. The molecular formula is C18H20N6OS. The number of likely N-dealkylation sites (tertiary alicyclic amines) is 1. The van der Waals surface area contributed by atoms with Crippen LogP contribution in [0.3, 0.4) is 0 Å². The molecule has 26 heavy (non-hydrogen) atoms. The van der Waals surface area contributed by atoms with E-state index >= 15 is 0 Å². The molecule has 0 N–H and O–H groups in total. The SMILES string of the molecule is CN(C)C(=O)c1sc2nccnc2c1C1CCN(Cc2cnccn2)C1. The van der Waals surface area contributed by atoms with Gasteiger partial charge in [0.1, 0.15) is 10.3 Å². The predicted octanol–water partition coefficient (Wildman–Crippen LogP) is 2.17. The van der Waals surface area contributed by atoms with Gasteiger partial charge in [-0.15, -0.1) is 11.3 Å². The molecule has 1 aliphatic heterocycles. The zero-order chi connectivity index (χ0) is 18.1. The second-order valence-electron chi connectivity index (χ2n) is 6.67. The van der Waals surface area contributed by atoms with Crippen LogP contribution in [-0.2, 0) is 6.54 Å². The third-order valence-corrected chi connectivity index (χ3v) is 5.74. The summed E-state index contributed by atoms with van der Waals surface area (Å²) in [6.07, 6.45) is 9.59. The lowest BCUT2D eigenvalue weighted by Crippen LogP contribution is -2.23. The summed E-state index contributed by atoms with van der Waals surface area (Å²) in [6, 6.07) is 0. The number of hydrogen-bond donors (Lipinski definition) is 0. The molecule has 8 heteroatoms. The van der Waals surface area contributed by atoms with Gasteiger partial charge in [0.15, 0.2) is 0 Å². The van der Waals surface area contributed by atoms with Gasteiger partial charge < -0.3 is 4.90 Å². The number of aromatic nitrogens is 4. The number of hydrogen-bond acceptors (Lipinski definition) is 7. The van der Waals surface area contributed by atoms with Crippen molar-refractivity contribution in [2.45, 2.75) is 18.9 Å². The Kier molecular flexibility index (Phi) is 4.60. The molecule has 0 aromatic carbocycles. The minimum atomic E-state index is 0.0252. The maximum Gasteiger partial charge on any atom is 0.263 e. The monoisotopic (exact) mass is 368 g/mol. The van der Waals surface area contributed by atoms with Gasteiger partial charge in [-0.05, 0) is 13.0 Å². The Morgan fingerprint density at radius 3 is 2.81 bits per heavy atom. The summed E-state index contributed by atoms with van der Waals surface area (Å²) in [5.41, 5.74) is 2.89. The van der Waals surface area contributed by atoms with Crippen LogP contribution in [0.25, 0.3) is 10.3 Å². The van der Waals surface area contributed by atoms with Crippen LogP contribution in [0.5, 0.6) is 0 Å². The molecule has 4 heterocycles. The average molecular weight is 368 g/mol. The van der Waals surface area contributed by atoms with Crippen LogP contribution in [0.2, 0.25) is 0 Å². The third-order valence-electron chi connectivity index (χ3n) is 4.65. The number of amides is 1. The average Bonchev–Trinajstić information content (AvgIpc) is 3.25. The molecule has 0 aliphatic carbocycles. The summed E-state index contributed by atoms with van der Waals surface area (Å²) in [7, 11) is 3.57. The van der Waals surface area contributed by atoms with Crippen molar-refractivity contribution in [2.75, 3.05) is 27.2 Å². The quantitative estimate of drug-likeness (QED) is 0.703. The summed E-state index contributed by atoms with van der Waals surface area (Å²) >= 11 is 1.45. The number of thiophene rings is 1. The molecule has 4 rings (SSSR count). The van der Waals surface area contributed by atoms with Crippen LogP contribution in [0.1, 0.15) is 33.3 Å². The first-order chi connectivity index (χ1) is 12.6. The van der Waals surface area contributed by atoms with E-state index in [-0.39, 0.29) is 11.8 Å². The fourth-order valence-corrected chi connectivity index (χ4v) is 4.65. The number of nitrogens with zero attached hydrogens (tertiary/aromatic N) is 6. The van der Waals surface area contributed by atoms with Crippen LogP contribution in [-0.4, -0.2) is 62.8 Å². The summed E-state index contributed by atoms with van der Waals surface area (Å²) in [5.74, 6) is 0.299. The Hall–Kier alpha value is -2.45. The summed E-state index contributed by atoms with van der Waals surface area (Å²) < 4.78 is 0. The highest BCUT2D eigenvalue weighted by Crippen LogP contribution is 2.39. The van der Waals surface area contributed by atoms with Gasteiger partial charge in [-0.3, -0.25) is 24.6 Å². The maximum absolute atomic E-state index is 12.7. The van der Waals surface area contributed by atoms with Gasteiger partial charge in [-0.2, -0.15) is 0 Å². The van der Waals surface area contributed by atoms with E-state index in [1.165, 1.54) is 11.3 Å². The van der Waals surface area contributed by atoms with Crippen molar-refractivity contribution >= 4 is 27.6 Å². The number of carbonyl (C=O) groups excluding carboxylic acids is 1. The highest BCUT2D eigenvalue weighted by atomic mass is 32.1. The van der Waals surface area contributed by atoms with Crippen LogP contribution >= 0.6 is 11.3 Å². The Morgan fingerprint density at radius 1 is 1.23 bits per heavy atom. The zero-order valence-corrected chi connectivity index (χ0v) is 15.6. The van der Waals surface area contributed by atoms with E-state index in [2.05, 4.69) is 24.8 Å². The Bertz CT molecular complexity index is 926. The second-order valence-corrected chi connectivity index (χ2v) is 7.67. The molecule has 0 saturated carbocycles. The highest BCUT2D eigenvalue weighted by Gasteiger charge is 2.32. The van der Waals surface area contributed by atoms with Gasteiger partial charge in [0.05, 0.1) is 10.6 Å². The standard InChI is InChI=1S/C18H20N6OS/c1-23(2)18(25)16-14(15-17(26-16)22-7-6-21-15)12-3-8-24(10-12)11-13-9-19-4-5-20-13/h4-7,9,12H,3,8,10-11H2,1-2H3. The molecule has 1 atom stereocenters. The van der Waals surface area contributed by atoms with E-state index in [1.54, 1.807) is 50.0 Å². The molecule has 7 nitrogen and oxygen atoms in total. The lowest BCUT2D eigenvalue weighted by atomic mass is 9.97. The Labute approximate surface area is 155 Å². The molecule has 3 aromatic heterocycles. The lowest BCUT2D eigenvalue weighted by Gasteiger charge is -2.16. The first kappa shape index (κ1) is 17.0. The van der Waals surface area contributed by atoms with E-state index in [0.717, 1.165) is 52.5 Å². The van der Waals surface area contributed by atoms with Gasteiger partial charge >= 0.3 is 0 Å². The first-order valence-corrected chi connectivity index (χ1v) is 9.37. The summed E-state index contributed by atoms with van der Waals surface area (Å²) in [6.45, 7) is 2.62. The molecule has 1 fully saturated rings. The van der Waals surface area contributed by atoms with Gasteiger partial charge in [0.2, 0.25) is 0 Å². The Morgan fingerprint density at radius 2 is 2.04 bits per heavy atom. The van der Waals surface area contributed by atoms with Crippen molar-refractivity contribution in [2.24, 2.45) is 0 Å². The molecule has 0 bridgehead atoms. The van der Waals surface area contributed by atoms with Crippen molar-refractivity contribution < 1.29 is 4.79 Å². The fourth-order valence-electron chi connectivity index (χ4n) is 3.44. The highest BCUT2D eigenvalue weighted by molar-refractivity contribution is 7.20. The van der Waals surface area contributed by atoms with E-state index < -0.39 is 0 Å². The molecule has 0 spiro atoms. The van der Waals surface area contributed by atoms with Crippen LogP contribution < -0.4 is 0 Å². The number of rotatable bonds is 4. The largest absolute Gasteiger partial charge is 0.344 e. The molecule has 1 amide bonds. The van der Waals surface area contributed by atoms with Crippen molar-refractivity contribution in [1.29, 1.82) is 0 Å². The summed E-state index contributed by atoms with van der Waals surface area (Å²) in [5, 5.41) is 0. The minimum Gasteiger partial charge on any atom is -0.344 e. The van der Waals surface area contributed by atoms with E-state index in [0.29, 0.717) is 0 Å². The van der Waals surface area contributed by atoms with Gasteiger partial charge in [0, 0.05) is 69.7 Å². The number of carbonyl (C=O) groups is 1. The second kappa shape index (κ2) is 7.05. The van der Waals surface area contributed by atoms with Crippen molar-refractivity contribution in [3.63, 3.8) is 0 Å². The van der Waals surface area contributed by atoms with E-state index in [9.17, 15) is 4.79 Å². The molecule has 0 radical (unpaired) electrons. The normalized spacial score (nSPS) is 17.7. The molecule has 1 saturated heterocycles. The van der Waals surface area contributed by atoms with Crippen molar-refractivity contribution in [3.05, 3.63) is 47.1 Å². The number of fused-ring (bicyclic) bond motifs is 1. The van der Waals surface area contributed by atoms with Gasteiger partial charge in [-0.25, -0.2) is 4.98 Å². The van der Waals surface area contributed by atoms with Crippen molar-refractivity contribution in [3.8, 4) is 0 Å². The first-order valence-electron chi connectivity index (χ1n) is 8.55. The molecule has 1 unspecified atom stereocenters. The Balaban J connectivity index is 1.64. The van der Waals surface area contributed by atoms with Crippen LogP contribution in [0.4, 0.5) is 0 Å². The predicted molar refractivity (Wildman–Crippen MR) is 100 cm³/mol. The minimum absolute atomic E-state index is 0.0252.